The van der Waals surface area contributed by atoms with Crippen molar-refractivity contribution in [2.75, 3.05) is 26.4 Å². The molecule has 8 nitrogen and oxygen atoms in total. The summed E-state index contributed by atoms with van der Waals surface area (Å²) in [6, 6.07) is 30.8. The Labute approximate surface area is 298 Å². The third-order valence-corrected chi connectivity index (χ3v) is 9.32. The highest BCUT2D eigenvalue weighted by Crippen LogP contribution is 2.50. The highest BCUT2D eigenvalue weighted by atomic mass is 35.5. The van der Waals surface area contributed by atoms with Gasteiger partial charge in [-0.05, 0) is 134 Å². The van der Waals surface area contributed by atoms with Gasteiger partial charge in [0.05, 0.1) is 26.4 Å². The van der Waals surface area contributed by atoms with Crippen LogP contribution in [0.5, 0.6) is 17.2 Å². The highest BCUT2D eigenvalue weighted by Gasteiger charge is 2.28. The molecule has 0 amide bonds. The van der Waals surface area contributed by atoms with Gasteiger partial charge >= 0.3 is 7.82 Å². The number of hydrogen-bond donors (Lipinski definition) is 0. The molecular weight excluding hydrogens is 686 g/mol. The van der Waals surface area contributed by atoms with Crippen LogP contribution in [0.1, 0.15) is 72.1 Å². The molecule has 49 heavy (non-hydrogen) atoms. The van der Waals surface area contributed by atoms with Gasteiger partial charge < -0.3 is 14.0 Å². The quantitative estimate of drug-likeness (QED) is 0.0423. The molecular formula is C38H41Cl2O8P. The van der Waals surface area contributed by atoms with E-state index >= 15 is 0 Å². The van der Waals surface area contributed by atoms with Crippen LogP contribution in [0.3, 0.4) is 0 Å². The summed E-state index contributed by atoms with van der Waals surface area (Å²) in [6.07, 6.45) is 6.54. The van der Waals surface area contributed by atoms with Crippen LogP contribution < -0.4 is 14.0 Å². The van der Waals surface area contributed by atoms with Crippen LogP contribution in [0.2, 0.25) is 0 Å². The molecule has 0 saturated carbocycles. The lowest BCUT2D eigenvalue weighted by molar-refractivity contribution is 0.107. The zero-order valence-corrected chi connectivity index (χ0v) is 29.7. The third kappa shape index (κ3) is 14.0. The summed E-state index contributed by atoms with van der Waals surface area (Å²) in [5.74, 6) is 1.77. The van der Waals surface area contributed by atoms with Gasteiger partial charge in [-0.25, -0.2) is 4.57 Å². The van der Waals surface area contributed by atoms with Crippen LogP contribution in [0.25, 0.3) is 11.1 Å². The average Bonchev–Trinajstić information content (AvgIpc) is 3.11. The van der Waals surface area contributed by atoms with Gasteiger partial charge in [0, 0.05) is 11.1 Å². The molecule has 0 spiro atoms. The van der Waals surface area contributed by atoms with E-state index in [1.54, 1.807) is 60.7 Å². The van der Waals surface area contributed by atoms with Crippen molar-refractivity contribution in [1.82, 2.24) is 0 Å². The largest absolute Gasteiger partial charge is 0.530 e. The fourth-order valence-electron chi connectivity index (χ4n) is 4.77. The van der Waals surface area contributed by atoms with Crippen molar-refractivity contribution < 1.29 is 37.2 Å². The average molecular weight is 728 g/mol. The van der Waals surface area contributed by atoms with Gasteiger partial charge in [-0.1, -0.05) is 55.3 Å². The molecule has 0 N–H and O–H groups in total. The Morgan fingerprint density at radius 1 is 0.469 bits per heavy atom. The number of benzene rings is 4. The molecule has 0 unspecified atom stereocenters. The predicted molar refractivity (Wildman–Crippen MR) is 193 cm³/mol. The smallest absolute Gasteiger partial charge is 0.494 e. The number of phosphoric acid groups is 1. The zero-order chi connectivity index (χ0) is 34.7. The Bertz CT molecular complexity index is 1540. The van der Waals surface area contributed by atoms with E-state index in [0.717, 1.165) is 49.7 Å². The van der Waals surface area contributed by atoms with E-state index in [1.807, 2.05) is 42.5 Å². The molecule has 0 saturated heterocycles. The standard InChI is InChI=1S/C38H41Cl2O8P/c39-37(41)32-16-20-34(21-17-32)44-26-8-1-3-10-28-46-49(43,48-36-24-14-31(15-25-36)30-12-6-5-7-13-30)47-29-11-4-2-9-27-45-35-22-18-33(19-23-35)38(40)42/h5-7,12-25H,1-4,8-11,26-29H2. The van der Waals surface area contributed by atoms with Gasteiger partial charge in [0.25, 0.3) is 10.5 Å². The van der Waals surface area contributed by atoms with E-state index < -0.39 is 18.3 Å². The first-order valence-corrected chi connectivity index (χ1v) is 18.6. The first-order valence-electron chi connectivity index (χ1n) is 16.4. The third-order valence-electron chi connectivity index (χ3n) is 7.45. The van der Waals surface area contributed by atoms with Gasteiger partial charge in [0.1, 0.15) is 17.2 Å². The maximum absolute atomic E-state index is 13.7. The summed E-state index contributed by atoms with van der Waals surface area (Å²) >= 11 is 11.0. The van der Waals surface area contributed by atoms with Gasteiger partial charge in [0.2, 0.25) is 0 Å². The Morgan fingerprint density at radius 3 is 1.29 bits per heavy atom. The second kappa shape index (κ2) is 20.8. The van der Waals surface area contributed by atoms with E-state index in [0.29, 0.717) is 54.4 Å². The van der Waals surface area contributed by atoms with Gasteiger partial charge in [0.15, 0.2) is 0 Å². The van der Waals surface area contributed by atoms with Crippen LogP contribution in [0.15, 0.2) is 103 Å². The van der Waals surface area contributed by atoms with Crippen LogP contribution in [0.4, 0.5) is 0 Å². The lowest BCUT2D eigenvalue weighted by Crippen LogP contribution is -2.06. The summed E-state index contributed by atoms with van der Waals surface area (Å²) in [6.45, 7) is 1.53. The van der Waals surface area contributed by atoms with E-state index in [9.17, 15) is 14.2 Å². The van der Waals surface area contributed by atoms with Crippen molar-refractivity contribution in [3.05, 3.63) is 114 Å². The number of hydrogen-bond acceptors (Lipinski definition) is 8. The first-order chi connectivity index (χ1) is 23.8. The topological polar surface area (TPSA) is 97.4 Å². The van der Waals surface area contributed by atoms with Crippen LogP contribution >= 0.6 is 31.0 Å². The second-order valence-corrected chi connectivity index (χ2v) is 13.5. The minimum absolute atomic E-state index is 0.228. The summed E-state index contributed by atoms with van der Waals surface area (Å²) in [5, 5.41) is -0.999. The molecule has 260 valence electrons. The van der Waals surface area contributed by atoms with E-state index in [4.69, 9.17) is 46.2 Å². The predicted octanol–water partition coefficient (Wildman–Crippen LogP) is 10.9. The molecule has 11 heteroatoms. The number of carbonyl (C=O) groups excluding carboxylic acids is 2. The number of unbranched alkanes of at least 4 members (excludes halogenated alkanes) is 6. The fraction of sp³-hybridized carbons (Fsp3) is 0.316. The number of rotatable bonds is 23. The molecule has 0 aliphatic heterocycles. The number of phosphoric ester groups is 1. The fourth-order valence-corrected chi connectivity index (χ4v) is 6.29. The van der Waals surface area contributed by atoms with Gasteiger partial charge in [-0.2, -0.15) is 0 Å². The minimum Gasteiger partial charge on any atom is -0.494 e. The highest BCUT2D eigenvalue weighted by molar-refractivity contribution is 7.48. The maximum Gasteiger partial charge on any atom is 0.530 e. The molecule has 0 fully saturated rings. The van der Waals surface area contributed by atoms with E-state index in [-0.39, 0.29) is 13.2 Å². The summed E-state index contributed by atoms with van der Waals surface area (Å²) < 4.78 is 42.5. The summed E-state index contributed by atoms with van der Waals surface area (Å²) in [4.78, 5) is 22.4. The van der Waals surface area contributed by atoms with Gasteiger partial charge in [-0.15, -0.1) is 0 Å². The monoisotopic (exact) mass is 726 g/mol. The minimum atomic E-state index is -3.87. The van der Waals surface area contributed by atoms with Crippen molar-refractivity contribution in [3.8, 4) is 28.4 Å². The van der Waals surface area contributed by atoms with Crippen molar-refractivity contribution in [1.29, 1.82) is 0 Å². The molecule has 0 radical (unpaired) electrons. The summed E-state index contributed by atoms with van der Waals surface area (Å²) in [5.41, 5.74) is 2.94. The molecule has 4 rings (SSSR count). The van der Waals surface area contributed by atoms with Gasteiger partial charge in [-0.3, -0.25) is 18.6 Å². The first kappa shape index (κ1) is 38.2. The Balaban J connectivity index is 1.17. The number of ether oxygens (including phenoxy) is 2. The van der Waals surface area contributed by atoms with E-state index in [2.05, 4.69) is 0 Å². The second-order valence-electron chi connectivity index (χ2n) is 11.2. The SMILES string of the molecule is O=C(Cl)c1ccc(OCCCCCCOP(=O)(OCCCCCCOc2ccc(C(=O)Cl)cc2)Oc2ccc(-c3ccccc3)cc2)cc1. The zero-order valence-electron chi connectivity index (χ0n) is 27.3. The van der Waals surface area contributed by atoms with Crippen LogP contribution in [0, 0.1) is 0 Å². The molecule has 0 atom stereocenters. The van der Waals surface area contributed by atoms with Crippen LogP contribution in [-0.4, -0.2) is 36.9 Å². The molecule has 0 aliphatic carbocycles. The normalized spacial score (nSPS) is 11.2. The Morgan fingerprint density at radius 2 is 0.857 bits per heavy atom. The molecule has 0 aliphatic rings. The number of halogens is 2. The lowest BCUT2D eigenvalue weighted by atomic mass is 10.1. The number of carbonyl (C=O) groups is 2. The maximum atomic E-state index is 13.7. The van der Waals surface area contributed by atoms with Crippen molar-refractivity contribution in [3.63, 3.8) is 0 Å². The molecule has 4 aromatic carbocycles. The Kier molecular flexibility index (Phi) is 16.2. The Hall–Kier alpha value is -3.65. The molecule has 0 bridgehead atoms. The molecule has 4 aromatic rings. The molecule has 0 aromatic heterocycles. The van der Waals surface area contributed by atoms with Crippen molar-refractivity contribution in [2.24, 2.45) is 0 Å². The van der Waals surface area contributed by atoms with Crippen molar-refractivity contribution in [2.45, 2.75) is 51.4 Å². The van der Waals surface area contributed by atoms with Crippen molar-refractivity contribution >= 4 is 41.5 Å². The molecule has 0 heterocycles. The van der Waals surface area contributed by atoms with Crippen LogP contribution in [-0.2, 0) is 13.6 Å². The summed E-state index contributed by atoms with van der Waals surface area (Å²) in [7, 11) is -3.87. The van der Waals surface area contributed by atoms with E-state index in [1.165, 1.54) is 0 Å². The lowest BCUT2D eigenvalue weighted by Gasteiger charge is -2.19.